The second kappa shape index (κ2) is 5.49. The summed E-state index contributed by atoms with van der Waals surface area (Å²) in [6, 6.07) is 5.12. The Hall–Kier alpha value is -1.10. The molecule has 0 atom stereocenters. The van der Waals surface area contributed by atoms with Gasteiger partial charge >= 0.3 is 0 Å². The van der Waals surface area contributed by atoms with Crippen LogP contribution in [-0.2, 0) is 6.54 Å². The molecule has 0 saturated heterocycles. The summed E-state index contributed by atoms with van der Waals surface area (Å²) >= 11 is 11.8. The average Bonchev–Trinajstić information content (AvgIpc) is 2.73. The van der Waals surface area contributed by atoms with Gasteiger partial charge in [0.15, 0.2) is 0 Å². The van der Waals surface area contributed by atoms with Gasteiger partial charge in [0.2, 0.25) is 11.8 Å². The van der Waals surface area contributed by atoms with E-state index in [2.05, 4.69) is 15.5 Å². The molecule has 1 aromatic carbocycles. The van der Waals surface area contributed by atoms with Crippen LogP contribution in [0.2, 0.25) is 10.0 Å². The molecule has 1 heterocycles. The van der Waals surface area contributed by atoms with Crippen molar-refractivity contribution in [2.75, 3.05) is 6.54 Å². The van der Waals surface area contributed by atoms with Gasteiger partial charge in [-0.25, -0.2) is 0 Å². The van der Waals surface area contributed by atoms with E-state index in [1.807, 2.05) is 6.92 Å². The van der Waals surface area contributed by atoms with Crippen molar-refractivity contribution in [1.82, 2.24) is 15.5 Å². The van der Waals surface area contributed by atoms with Gasteiger partial charge in [-0.2, -0.15) is 0 Å². The van der Waals surface area contributed by atoms with Crippen LogP contribution in [-0.4, -0.2) is 16.7 Å². The quantitative estimate of drug-likeness (QED) is 0.928. The second-order valence-electron chi connectivity index (χ2n) is 3.44. The van der Waals surface area contributed by atoms with E-state index >= 15 is 0 Å². The van der Waals surface area contributed by atoms with Gasteiger partial charge in [-0.1, -0.05) is 30.1 Å². The number of hydrogen-bond acceptors (Lipinski definition) is 4. The van der Waals surface area contributed by atoms with Gasteiger partial charge in [-0.05, 0) is 24.7 Å². The monoisotopic (exact) mass is 271 g/mol. The third-order valence-corrected chi connectivity index (χ3v) is 2.54. The lowest BCUT2D eigenvalue weighted by Gasteiger charge is -1.98. The molecule has 0 fully saturated rings. The topological polar surface area (TPSA) is 51.0 Å². The van der Waals surface area contributed by atoms with E-state index in [9.17, 15) is 0 Å². The standard InChI is InChI=1S/C11H11Cl2N3O/c1-2-14-6-10-15-16-11(17-10)7-3-8(12)5-9(13)4-7/h3-5,14H,2,6H2,1H3. The van der Waals surface area contributed by atoms with Crippen LogP contribution in [0, 0.1) is 0 Å². The van der Waals surface area contributed by atoms with Crippen molar-refractivity contribution in [3.8, 4) is 11.5 Å². The summed E-state index contributed by atoms with van der Waals surface area (Å²) in [5.41, 5.74) is 0.720. The summed E-state index contributed by atoms with van der Waals surface area (Å²) in [6.45, 7) is 3.41. The van der Waals surface area contributed by atoms with Crippen LogP contribution in [0.5, 0.6) is 0 Å². The number of hydrogen-bond donors (Lipinski definition) is 1. The van der Waals surface area contributed by atoms with Gasteiger partial charge in [-0.3, -0.25) is 0 Å². The van der Waals surface area contributed by atoms with E-state index < -0.39 is 0 Å². The van der Waals surface area contributed by atoms with Gasteiger partial charge in [0.05, 0.1) is 6.54 Å². The first kappa shape index (κ1) is 12.4. The molecular formula is C11H11Cl2N3O. The molecule has 2 aromatic rings. The van der Waals surface area contributed by atoms with Crippen LogP contribution in [0.25, 0.3) is 11.5 Å². The summed E-state index contributed by atoms with van der Waals surface area (Å²) in [6.07, 6.45) is 0. The van der Waals surface area contributed by atoms with Crippen LogP contribution in [0.15, 0.2) is 22.6 Å². The normalized spacial score (nSPS) is 10.8. The Morgan fingerprint density at radius 2 is 1.88 bits per heavy atom. The zero-order chi connectivity index (χ0) is 12.3. The van der Waals surface area contributed by atoms with E-state index in [1.165, 1.54) is 0 Å². The Morgan fingerprint density at radius 1 is 1.18 bits per heavy atom. The first-order valence-corrected chi connectivity index (χ1v) is 5.94. The zero-order valence-electron chi connectivity index (χ0n) is 9.20. The minimum absolute atomic E-state index is 0.419. The fourth-order valence-electron chi connectivity index (χ4n) is 1.35. The molecule has 90 valence electrons. The predicted octanol–water partition coefficient (Wildman–Crippen LogP) is 3.15. The van der Waals surface area contributed by atoms with Crippen molar-refractivity contribution in [2.24, 2.45) is 0 Å². The molecular weight excluding hydrogens is 261 g/mol. The maximum absolute atomic E-state index is 5.90. The summed E-state index contributed by atoms with van der Waals surface area (Å²) < 4.78 is 5.48. The van der Waals surface area contributed by atoms with E-state index in [1.54, 1.807) is 18.2 Å². The van der Waals surface area contributed by atoms with E-state index in [0.717, 1.165) is 12.1 Å². The van der Waals surface area contributed by atoms with E-state index in [0.29, 0.717) is 28.4 Å². The minimum atomic E-state index is 0.419. The van der Waals surface area contributed by atoms with Gasteiger partial charge in [0.25, 0.3) is 0 Å². The molecule has 17 heavy (non-hydrogen) atoms. The van der Waals surface area contributed by atoms with E-state index in [4.69, 9.17) is 27.6 Å². The number of aromatic nitrogens is 2. The predicted molar refractivity (Wildman–Crippen MR) is 67.1 cm³/mol. The molecule has 0 saturated carbocycles. The molecule has 0 radical (unpaired) electrons. The first-order chi connectivity index (χ1) is 8.19. The van der Waals surface area contributed by atoms with Crippen LogP contribution in [0.1, 0.15) is 12.8 Å². The van der Waals surface area contributed by atoms with Gasteiger partial charge in [-0.15, -0.1) is 10.2 Å². The summed E-state index contributed by atoms with van der Waals surface area (Å²) in [4.78, 5) is 0. The highest BCUT2D eigenvalue weighted by Gasteiger charge is 2.09. The van der Waals surface area contributed by atoms with Crippen molar-refractivity contribution in [3.63, 3.8) is 0 Å². The number of benzene rings is 1. The molecule has 0 aliphatic heterocycles. The van der Waals surface area contributed by atoms with Crippen molar-refractivity contribution >= 4 is 23.2 Å². The van der Waals surface area contributed by atoms with Crippen molar-refractivity contribution in [2.45, 2.75) is 13.5 Å². The van der Waals surface area contributed by atoms with Gasteiger partial charge in [0.1, 0.15) is 0 Å². The third-order valence-electron chi connectivity index (χ3n) is 2.10. The maximum atomic E-state index is 5.90. The Bertz CT molecular complexity index is 493. The first-order valence-electron chi connectivity index (χ1n) is 5.18. The summed E-state index contributed by atoms with van der Waals surface area (Å²) in [7, 11) is 0. The molecule has 0 bridgehead atoms. The number of nitrogens with one attached hydrogen (secondary N) is 1. The molecule has 0 unspecified atom stereocenters. The zero-order valence-corrected chi connectivity index (χ0v) is 10.7. The molecule has 0 aliphatic rings. The molecule has 1 aromatic heterocycles. The molecule has 4 nitrogen and oxygen atoms in total. The van der Waals surface area contributed by atoms with Crippen molar-refractivity contribution < 1.29 is 4.42 Å². The SMILES string of the molecule is CCNCc1nnc(-c2cc(Cl)cc(Cl)c2)o1. The highest BCUT2D eigenvalue weighted by molar-refractivity contribution is 6.35. The lowest BCUT2D eigenvalue weighted by molar-refractivity contribution is 0.482. The Kier molecular flexibility index (Phi) is 3.99. The highest BCUT2D eigenvalue weighted by Crippen LogP contribution is 2.26. The lowest BCUT2D eigenvalue weighted by Crippen LogP contribution is -2.11. The van der Waals surface area contributed by atoms with Crippen LogP contribution >= 0.6 is 23.2 Å². The van der Waals surface area contributed by atoms with Crippen LogP contribution < -0.4 is 5.32 Å². The van der Waals surface area contributed by atoms with Crippen molar-refractivity contribution in [3.05, 3.63) is 34.1 Å². The smallest absolute Gasteiger partial charge is 0.247 e. The fraction of sp³-hybridized carbons (Fsp3) is 0.273. The maximum Gasteiger partial charge on any atom is 0.247 e. The molecule has 0 amide bonds. The van der Waals surface area contributed by atoms with Crippen LogP contribution in [0.3, 0.4) is 0 Å². The Labute approximate surface area is 109 Å². The molecule has 1 N–H and O–H groups in total. The van der Waals surface area contributed by atoms with Crippen LogP contribution in [0.4, 0.5) is 0 Å². The highest BCUT2D eigenvalue weighted by atomic mass is 35.5. The largest absolute Gasteiger partial charge is 0.419 e. The summed E-state index contributed by atoms with van der Waals surface area (Å²) in [5, 5.41) is 12.1. The third kappa shape index (κ3) is 3.19. The fourth-order valence-corrected chi connectivity index (χ4v) is 1.88. The average molecular weight is 272 g/mol. The molecule has 0 aliphatic carbocycles. The summed E-state index contributed by atoms with van der Waals surface area (Å²) in [5.74, 6) is 0.959. The molecule has 6 heteroatoms. The minimum Gasteiger partial charge on any atom is -0.419 e. The van der Waals surface area contributed by atoms with Gasteiger partial charge in [0, 0.05) is 15.6 Å². The number of nitrogens with zero attached hydrogens (tertiary/aromatic N) is 2. The lowest BCUT2D eigenvalue weighted by atomic mass is 10.2. The number of halogens is 2. The Morgan fingerprint density at radius 3 is 2.53 bits per heavy atom. The number of rotatable bonds is 4. The molecule has 0 spiro atoms. The second-order valence-corrected chi connectivity index (χ2v) is 4.31. The molecule has 2 rings (SSSR count). The van der Waals surface area contributed by atoms with Crippen molar-refractivity contribution in [1.29, 1.82) is 0 Å². The van der Waals surface area contributed by atoms with Gasteiger partial charge < -0.3 is 9.73 Å². The Balaban J connectivity index is 2.24. The van der Waals surface area contributed by atoms with E-state index in [-0.39, 0.29) is 0 Å².